The van der Waals surface area contributed by atoms with Gasteiger partial charge < -0.3 is 23.5 Å². The summed E-state index contributed by atoms with van der Waals surface area (Å²) in [5.74, 6) is 1.59. The van der Waals surface area contributed by atoms with Crippen LogP contribution in [0.1, 0.15) is 68.6 Å². The first-order chi connectivity index (χ1) is 25.8. The van der Waals surface area contributed by atoms with Crippen LogP contribution in [-0.4, -0.2) is 36.7 Å². The Morgan fingerprint density at radius 2 is 1.59 bits per heavy atom. The summed E-state index contributed by atoms with van der Waals surface area (Å²) in [6, 6.07) is 20.3. The van der Waals surface area contributed by atoms with Crippen molar-refractivity contribution in [3.8, 4) is 0 Å². The average molecular weight is 716 g/mol. The third-order valence-electron chi connectivity index (χ3n) is 11.3. The standard InChI is InChI=1S/C46H45N5O3/c1-45(2)21-23-51-24-22-46(3,4)39-41(51)36(45)28-32-25-30(44(52)54-42(32)39)16-20-35-27-31(40(47-5)43-48-37-11-9-10-12-38(37)50(43)8)26-34(53-35)19-15-29-13-17-33(18-14-29)49(6)7/h9-20,25-28H,21-24H2,1-4,6-8H3. The molecule has 0 radical (unpaired) electrons. The number of hydrogen-bond acceptors (Lipinski definition) is 6. The van der Waals surface area contributed by atoms with Gasteiger partial charge in [-0.25, -0.2) is 14.6 Å². The van der Waals surface area contributed by atoms with E-state index < -0.39 is 5.63 Å². The lowest BCUT2D eigenvalue weighted by molar-refractivity contribution is 0.332. The molecule has 0 saturated heterocycles. The van der Waals surface area contributed by atoms with Crippen LogP contribution in [0.2, 0.25) is 0 Å². The number of aryl methyl sites for hydroxylation is 1. The summed E-state index contributed by atoms with van der Waals surface area (Å²) in [7, 11) is 5.95. The number of fused-ring (bicyclic) bond motifs is 3. The van der Waals surface area contributed by atoms with E-state index >= 15 is 0 Å². The number of aromatic nitrogens is 2. The van der Waals surface area contributed by atoms with Crippen LogP contribution >= 0.6 is 0 Å². The molecule has 0 fully saturated rings. The van der Waals surface area contributed by atoms with Crippen LogP contribution in [-0.2, 0) is 22.6 Å². The van der Waals surface area contributed by atoms with Gasteiger partial charge in [0.25, 0.3) is 0 Å². The Labute approximate surface area is 316 Å². The van der Waals surface area contributed by atoms with E-state index in [0.29, 0.717) is 39.8 Å². The topological polar surface area (TPSA) is 68.1 Å². The van der Waals surface area contributed by atoms with Gasteiger partial charge in [0, 0.05) is 56.6 Å². The molecule has 0 N–H and O–H groups in total. The second-order valence-corrected chi connectivity index (χ2v) is 16.1. The van der Waals surface area contributed by atoms with Crippen molar-refractivity contribution in [3.05, 3.63) is 152 Å². The van der Waals surface area contributed by atoms with Gasteiger partial charge in [0.1, 0.15) is 22.9 Å². The van der Waals surface area contributed by atoms with E-state index in [0.717, 1.165) is 59.2 Å². The van der Waals surface area contributed by atoms with Gasteiger partial charge in [0.15, 0.2) is 0 Å². The molecule has 2 aromatic heterocycles. The zero-order valence-corrected chi connectivity index (χ0v) is 32.0. The first-order valence-corrected chi connectivity index (χ1v) is 18.5. The Bertz CT molecular complexity index is 2600. The summed E-state index contributed by atoms with van der Waals surface area (Å²) in [6.45, 7) is 19.4. The summed E-state index contributed by atoms with van der Waals surface area (Å²) in [4.78, 5) is 27.1. The Hall–Kier alpha value is -6.07. The van der Waals surface area contributed by atoms with E-state index in [1.165, 1.54) is 11.3 Å². The molecule has 3 aliphatic heterocycles. The van der Waals surface area contributed by atoms with Crippen LogP contribution in [0.25, 0.3) is 44.7 Å². The van der Waals surface area contributed by atoms with Crippen molar-refractivity contribution in [2.45, 2.75) is 51.4 Å². The maximum atomic E-state index is 13.7. The quantitative estimate of drug-likeness (QED) is 0.129. The molecular weight excluding hydrogens is 671 g/mol. The summed E-state index contributed by atoms with van der Waals surface area (Å²) in [5.41, 5.74) is 9.20. The molecule has 5 heterocycles. The van der Waals surface area contributed by atoms with Crippen molar-refractivity contribution >= 4 is 51.2 Å². The van der Waals surface area contributed by atoms with Crippen molar-refractivity contribution in [2.24, 2.45) is 7.05 Å². The van der Waals surface area contributed by atoms with Crippen LogP contribution in [0.3, 0.4) is 0 Å². The molecule has 0 atom stereocenters. The SMILES string of the molecule is [C-]#[N+]C(=C1C=C(C=Cc2ccc(N(C)C)cc2)OC(C=Cc2cc3cc4c5c(c3oc2=O)C(C)(C)CCN5CCC4(C)C)=C1)c1nc2ccccc2n1C. The number of anilines is 2. The number of allylic oxidation sites excluding steroid dienone is 5. The van der Waals surface area contributed by atoms with Crippen LogP contribution in [0, 0.1) is 6.57 Å². The van der Waals surface area contributed by atoms with Crippen LogP contribution in [0.5, 0.6) is 0 Å². The highest BCUT2D eigenvalue weighted by atomic mass is 16.5. The van der Waals surface area contributed by atoms with Crippen molar-refractivity contribution in [1.29, 1.82) is 0 Å². The maximum Gasteiger partial charge on any atom is 0.343 e. The molecule has 8 rings (SSSR count). The monoisotopic (exact) mass is 715 g/mol. The van der Waals surface area contributed by atoms with Gasteiger partial charge in [-0.15, -0.1) is 0 Å². The summed E-state index contributed by atoms with van der Waals surface area (Å²) in [6.07, 6.45) is 13.2. The molecule has 3 aromatic carbocycles. The number of rotatable bonds is 6. The molecule has 5 aromatic rings. The number of benzene rings is 3. The molecule has 0 amide bonds. The van der Waals surface area contributed by atoms with E-state index in [1.54, 1.807) is 12.2 Å². The average Bonchev–Trinajstić information content (AvgIpc) is 3.48. The van der Waals surface area contributed by atoms with Crippen LogP contribution in [0.15, 0.2) is 111 Å². The number of ether oxygens (including phenoxy) is 1. The minimum Gasteiger partial charge on any atom is -0.457 e. The van der Waals surface area contributed by atoms with Crippen molar-refractivity contribution < 1.29 is 9.15 Å². The highest BCUT2D eigenvalue weighted by molar-refractivity contribution is 5.91. The fourth-order valence-electron chi connectivity index (χ4n) is 7.96. The minimum atomic E-state index is -0.400. The Balaban J connectivity index is 1.22. The molecule has 8 nitrogen and oxygen atoms in total. The Morgan fingerprint density at radius 1 is 0.907 bits per heavy atom. The number of imidazole rings is 1. The lowest BCUT2D eigenvalue weighted by atomic mass is 9.69. The van der Waals surface area contributed by atoms with Gasteiger partial charge in [-0.1, -0.05) is 58.0 Å². The zero-order chi connectivity index (χ0) is 37.9. The molecule has 0 spiro atoms. The molecule has 0 bridgehead atoms. The van der Waals surface area contributed by atoms with Crippen molar-refractivity contribution in [2.75, 3.05) is 37.0 Å². The van der Waals surface area contributed by atoms with E-state index in [-0.39, 0.29) is 10.8 Å². The molecule has 8 heteroatoms. The molecule has 0 saturated carbocycles. The van der Waals surface area contributed by atoms with Gasteiger partial charge in [0.2, 0.25) is 5.70 Å². The fraction of sp³-hybridized carbons (Fsp3) is 0.283. The molecule has 54 heavy (non-hydrogen) atoms. The number of hydrogen-bond donors (Lipinski definition) is 0. The van der Waals surface area contributed by atoms with E-state index in [2.05, 4.69) is 72.7 Å². The summed E-state index contributed by atoms with van der Waals surface area (Å²) >= 11 is 0. The van der Waals surface area contributed by atoms with Crippen LogP contribution < -0.4 is 15.4 Å². The zero-order valence-electron chi connectivity index (χ0n) is 32.0. The largest absolute Gasteiger partial charge is 0.457 e. The van der Waals surface area contributed by atoms with Crippen LogP contribution in [0.4, 0.5) is 11.4 Å². The highest BCUT2D eigenvalue weighted by Gasteiger charge is 2.42. The molecule has 272 valence electrons. The minimum absolute atomic E-state index is 0.00211. The highest BCUT2D eigenvalue weighted by Crippen LogP contribution is 2.51. The van der Waals surface area contributed by atoms with Gasteiger partial charge in [-0.05, 0) is 107 Å². The third-order valence-corrected chi connectivity index (χ3v) is 11.3. The molecule has 0 aliphatic carbocycles. The predicted octanol–water partition coefficient (Wildman–Crippen LogP) is 9.77. The smallest absolute Gasteiger partial charge is 0.343 e. The van der Waals surface area contributed by atoms with E-state index in [1.807, 2.05) is 80.3 Å². The Kier molecular flexibility index (Phi) is 8.49. The Morgan fingerprint density at radius 3 is 2.28 bits per heavy atom. The fourth-order valence-corrected chi connectivity index (χ4v) is 7.96. The summed E-state index contributed by atoms with van der Waals surface area (Å²) < 4.78 is 14.6. The van der Waals surface area contributed by atoms with Crippen molar-refractivity contribution in [1.82, 2.24) is 9.55 Å². The maximum absolute atomic E-state index is 13.7. The van der Waals surface area contributed by atoms with E-state index in [9.17, 15) is 4.79 Å². The second-order valence-electron chi connectivity index (χ2n) is 16.1. The molecule has 0 unspecified atom stereocenters. The van der Waals surface area contributed by atoms with Gasteiger partial charge in [-0.2, -0.15) is 0 Å². The van der Waals surface area contributed by atoms with E-state index in [4.69, 9.17) is 20.7 Å². The first-order valence-electron chi connectivity index (χ1n) is 18.5. The molecular formula is C46H45N5O3. The molecule has 3 aliphatic rings. The van der Waals surface area contributed by atoms with Gasteiger partial charge in [0.05, 0.1) is 23.2 Å². The second kappa shape index (κ2) is 13.1. The van der Waals surface area contributed by atoms with Gasteiger partial charge in [-0.3, -0.25) is 0 Å². The van der Waals surface area contributed by atoms with Crippen molar-refractivity contribution in [3.63, 3.8) is 0 Å². The lowest BCUT2D eigenvalue weighted by Gasteiger charge is -2.48. The van der Waals surface area contributed by atoms with Gasteiger partial charge >= 0.3 is 5.63 Å². The summed E-state index contributed by atoms with van der Waals surface area (Å²) in [5, 5.41) is 0.924. The number of para-hydroxylation sites is 2. The normalized spacial score (nSPS) is 18.4. The number of nitrogens with zero attached hydrogens (tertiary/aromatic N) is 5. The lowest BCUT2D eigenvalue weighted by Crippen LogP contribution is -2.44. The third kappa shape index (κ3) is 6.14. The predicted molar refractivity (Wildman–Crippen MR) is 220 cm³/mol. The first kappa shape index (κ1) is 35.0.